The van der Waals surface area contributed by atoms with Crippen molar-refractivity contribution in [3.8, 4) is 17.4 Å². The lowest BCUT2D eigenvalue weighted by atomic mass is 9.91. The number of piperidine rings is 5. The minimum Gasteiger partial charge on any atom is -0.472 e. The number of fused-ring (bicyclic) bond motifs is 5. The van der Waals surface area contributed by atoms with Crippen LogP contribution in [0.2, 0.25) is 0 Å². The molecule has 0 bridgehead atoms. The van der Waals surface area contributed by atoms with E-state index in [9.17, 15) is 0 Å². The first kappa shape index (κ1) is 97.6. The van der Waals surface area contributed by atoms with Gasteiger partial charge in [0.05, 0.1) is 79.9 Å². The van der Waals surface area contributed by atoms with Crippen LogP contribution in [0.5, 0.6) is 17.4 Å². The molecule has 5 saturated heterocycles. The quantitative estimate of drug-likeness (QED) is 0.0624. The predicted octanol–water partition coefficient (Wildman–Crippen LogP) is 13.2. The average molecular weight is 1760 g/mol. The van der Waals surface area contributed by atoms with Gasteiger partial charge in [-0.05, 0) is 162 Å². The molecule has 6 fully saturated rings. The molecular formula is C95H135N29O5. The molecule has 1 saturated carbocycles. The highest BCUT2D eigenvalue weighted by atomic mass is 16.5. The largest absolute Gasteiger partial charge is 0.472 e. The number of anilines is 5. The summed E-state index contributed by atoms with van der Waals surface area (Å²) < 4.78 is 29.5. The summed E-state index contributed by atoms with van der Waals surface area (Å²) in [6, 6.07) is 19.4. The van der Waals surface area contributed by atoms with Crippen molar-refractivity contribution >= 4 is 63.8 Å². The summed E-state index contributed by atoms with van der Waals surface area (Å²) in [5.41, 5.74) is 42.5. The molecule has 1 aliphatic carbocycles. The summed E-state index contributed by atoms with van der Waals surface area (Å²) in [7, 11) is 0. The van der Waals surface area contributed by atoms with E-state index in [1.165, 1.54) is 19.3 Å². The summed E-state index contributed by atoms with van der Waals surface area (Å²) in [4.78, 5) is 87.9. The van der Waals surface area contributed by atoms with Crippen molar-refractivity contribution in [3.05, 3.63) is 191 Å². The van der Waals surface area contributed by atoms with E-state index in [0.29, 0.717) is 80.3 Å². The number of nitrogens with two attached hydrogens (primary N) is 5. The Morgan fingerprint density at radius 3 is 1.20 bits per heavy atom. The van der Waals surface area contributed by atoms with Gasteiger partial charge in [0.25, 0.3) is 5.88 Å². The van der Waals surface area contributed by atoms with Gasteiger partial charge in [0.15, 0.2) is 11.2 Å². The highest BCUT2D eigenvalue weighted by Gasteiger charge is 2.35. The second-order valence-electron chi connectivity index (χ2n) is 35.5. The zero-order chi connectivity index (χ0) is 86.0. The predicted molar refractivity (Wildman–Crippen MR) is 512 cm³/mol. The highest BCUT2D eigenvalue weighted by Crippen LogP contribution is 2.34. The minimum absolute atomic E-state index is 0. The zero-order valence-electron chi connectivity index (χ0n) is 72.3. The van der Waals surface area contributed by atoms with Gasteiger partial charge in [0, 0.05) is 147 Å². The Morgan fingerprint density at radius 2 is 0.783 bits per heavy atom. The number of hydrogen-bond donors (Lipinski definition) is 6. The number of benzene rings is 1. The van der Waals surface area contributed by atoms with Crippen molar-refractivity contribution in [1.29, 1.82) is 0 Å². The smallest absolute Gasteiger partial charge is 0.261 e. The molecule has 10 aliphatic rings. The second-order valence-corrected chi connectivity index (χ2v) is 35.5. The molecular weight excluding hydrogens is 1630 g/mol. The van der Waals surface area contributed by atoms with Gasteiger partial charge in [-0.2, -0.15) is 0 Å². The fraction of sp³-hybridized carbons (Fsp3) is 0.516. The molecule has 1 aromatic carbocycles. The van der Waals surface area contributed by atoms with E-state index in [-0.39, 0.29) is 70.9 Å². The molecule has 20 rings (SSSR count). The SMILES string of the molecule is C.C.C.C.C.CC1(N)CCN(c2cnc3c(OC4CCCCC4)n[nH]c3n2)CC1.CC1(N)CCN(c2cnc3c(n2)CN=C3OCc2ccccc2)CC1.CC1(N)CCN(c2cnc3c(n2)CN=C3OCc2cccnc2)CC1.Cc1cc(OC2=NCc3nc(N4CCC(C)(N)CC4)cnc32)ccn1.Cc1cnccc1OC1=NCc2nc(N3CCC(C)(N)CC3)cnc21. The van der Waals surface area contributed by atoms with E-state index in [4.69, 9.17) is 72.3 Å². The van der Waals surface area contributed by atoms with E-state index in [1.54, 1.807) is 37.2 Å². The van der Waals surface area contributed by atoms with Crippen LogP contribution in [-0.4, -0.2) is 198 Å². The molecule has 10 aromatic rings. The summed E-state index contributed by atoms with van der Waals surface area (Å²) in [5, 5.41) is 7.26. The van der Waals surface area contributed by atoms with Crippen LogP contribution < -0.4 is 67.4 Å². The number of aromatic nitrogens is 15. The van der Waals surface area contributed by atoms with Crippen molar-refractivity contribution < 1.29 is 23.7 Å². The fourth-order valence-corrected chi connectivity index (χ4v) is 16.0. The van der Waals surface area contributed by atoms with Crippen molar-refractivity contribution in [2.24, 2.45) is 48.6 Å². The van der Waals surface area contributed by atoms with E-state index in [1.807, 2.05) is 99.3 Å². The monoisotopic (exact) mass is 1760 g/mol. The number of aryl methyl sites for hydroxylation is 2. The molecule has 9 aliphatic heterocycles. The Balaban J connectivity index is 0.000000155. The van der Waals surface area contributed by atoms with Gasteiger partial charge in [-0.3, -0.25) is 20.1 Å². The number of aromatic amines is 1. The van der Waals surface area contributed by atoms with Gasteiger partial charge in [0.2, 0.25) is 23.6 Å². The second kappa shape index (κ2) is 43.0. The topological polar surface area (TPSA) is 438 Å². The Labute approximate surface area is 760 Å². The van der Waals surface area contributed by atoms with Gasteiger partial charge in [-0.15, -0.1) is 5.10 Å². The molecule has 34 heteroatoms. The minimum atomic E-state index is -0.0762. The molecule has 0 unspecified atom stereocenters. The first-order valence-electron chi connectivity index (χ1n) is 43.4. The number of rotatable bonds is 13. The maximum absolute atomic E-state index is 6.21. The van der Waals surface area contributed by atoms with E-state index < -0.39 is 0 Å². The average Bonchev–Trinajstić information content (AvgIpc) is 1.76. The van der Waals surface area contributed by atoms with Crippen molar-refractivity contribution in [2.75, 3.05) is 89.9 Å². The maximum atomic E-state index is 6.21. The van der Waals surface area contributed by atoms with E-state index in [0.717, 1.165) is 251 Å². The van der Waals surface area contributed by atoms with E-state index in [2.05, 4.69) is 134 Å². The Bertz CT molecular complexity index is 5320. The standard InChI is InChI=1S/C19H23N5O.3C18H22N6O.C17H26N6O.5CH4/c1-19(20)7-9-24(10-8-19)16-12-21-17-15(23-16)11-22-18(17)25-13-14-5-3-2-4-6-14;1-12-9-20-6-3-14(12)25-17-16-13(10-22-17)23-15(11-21-16)24-7-4-18(2,19)5-8-24;1-12-9-13(3-6-20-12)25-17-16-14(10-22-17)23-15(11-21-16)24-7-4-18(2,19)5-8-24;1-18(19)4-7-24(8-5-18)15-11-21-16-14(23-15)10-22-17(16)25-12-13-3-2-6-20-9-13;1-17(18)7-9-23(10-8-17)13-11-19-14-15(20-13)21-22-16(14)24-12-5-3-2-4-6-12;;;;;/h2-6,12H,7-11,13,20H2,1H3;2*3,6,9,11H,4-5,7-8,10,19H2,1-2H3;2-3,6,9,11H,4-5,7-8,10,12,19H2,1H3;11-12H,2-10,18H2,1H3,(H,20,21,22);5*1H4. The van der Waals surface area contributed by atoms with Gasteiger partial charge in [-0.1, -0.05) is 80.0 Å². The molecule has 18 heterocycles. The molecule has 0 spiro atoms. The molecule has 11 N–H and O–H groups in total. The lowest BCUT2D eigenvalue weighted by Gasteiger charge is -2.37. The molecule has 34 nitrogen and oxygen atoms in total. The number of nitrogens with one attached hydrogen (secondary N) is 1. The summed E-state index contributed by atoms with van der Waals surface area (Å²) in [5.74, 6) is 8.72. The Kier molecular flexibility index (Phi) is 32.5. The lowest BCUT2D eigenvalue weighted by Crippen LogP contribution is -2.48. The first-order valence-corrected chi connectivity index (χ1v) is 43.4. The molecule has 0 radical (unpaired) electrons. The van der Waals surface area contributed by atoms with Crippen LogP contribution >= 0.6 is 0 Å². The maximum Gasteiger partial charge on any atom is 0.261 e. The van der Waals surface area contributed by atoms with Crippen LogP contribution in [0.15, 0.2) is 143 Å². The Morgan fingerprint density at radius 1 is 0.395 bits per heavy atom. The third-order valence-electron chi connectivity index (χ3n) is 24.4. The van der Waals surface area contributed by atoms with Crippen LogP contribution in [0.25, 0.3) is 11.2 Å². The number of pyridine rings is 3. The van der Waals surface area contributed by atoms with Gasteiger partial charge in [0.1, 0.15) is 82.7 Å². The van der Waals surface area contributed by atoms with E-state index >= 15 is 0 Å². The van der Waals surface area contributed by atoms with Crippen LogP contribution in [-0.2, 0) is 48.9 Å². The number of nitrogens with zero attached hydrogens (tertiary/aromatic N) is 23. The molecule has 690 valence electrons. The van der Waals surface area contributed by atoms with Crippen LogP contribution in [0.1, 0.15) is 236 Å². The summed E-state index contributed by atoms with van der Waals surface area (Å²) >= 11 is 0. The van der Waals surface area contributed by atoms with Gasteiger partial charge in [-0.25, -0.2) is 69.8 Å². The molecule has 129 heavy (non-hydrogen) atoms. The lowest BCUT2D eigenvalue weighted by molar-refractivity contribution is 0.150. The number of hydrogen-bond acceptors (Lipinski definition) is 33. The number of ether oxygens (including phenoxy) is 5. The van der Waals surface area contributed by atoms with Gasteiger partial charge >= 0.3 is 0 Å². The third kappa shape index (κ3) is 25.1. The Hall–Kier alpha value is -12.0. The molecule has 0 amide bonds. The fourth-order valence-electron chi connectivity index (χ4n) is 16.0. The van der Waals surface area contributed by atoms with Crippen LogP contribution in [0.4, 0.5) is 29.1 Å². The highest BCUT2D eigenvalue weighted by molar-refractivity contribution is 5.98. The van der Waals surface area contributed by atoms with Gasteiger partial charge < -0.3 is 76.9 Å². The third-order valence-corrected chi connectivity index (χ3v) is 24.4. The van der Waals surface area contributed by atoms with Crippen LogP contribution in [0.3, 0.4) is 0 Å². The van der Waals surface area contributed by atoms with Crippen molar-refractivity contribution in [2.45, 2.75) is 255 Å². The van der Waals surface area contributed by atoms with Crippen molar-refractivity contribution in [1.82, 2.24) is 75.0 Å². The number of aliphatic imine (C=N–C) groups is 4. The normalized spacial score (nSPS) is 18.6. The first-order chi connectivity index (χ1) is 59.8. The molecule has 9 aromatic heterocycles. The summed E-state index contributed by atoms with van der Waals surface area (Å²) in [6.45, 7) is 26.5. The summed E-state index contributed by atoms with van der Waals surface area (Å²) in [6.07, 6.45) is 33.6. The van der Waals surface area contributed by atoms with Crippen LogP contribution in [0, 0.1) is 13.8 Å². The van der Waals surface area contributed by atoms with Crippen molar-refractivity contribution in [3.63, 3.8) is 0 Å². The molecule has 0 atom stereocenters. The number of H-pyrrole nitrogens is 1. The zero-order valence-corrected chi connectivity index (χ0v) is 72.3.